The van der Waals surface area contributed by atoms with E-state index in [0.717, 1.165) is 18.4 Å². The summed E-state index contributed by atoms with van der Waals surface area (Å²) in [6.07, 6.45) is 5.56. The molecule has 0 saturated heterocycles. The Morgan fingerprint density at radius 2 is 1.87 bits per heavy atom. The van der Waals surface area contributed by atoms with Crippen LogP contribution in [0, 0.1) is 0 Å². The van der Waals surface area contributed by atoms with Crippen LogP contribution in [0.4, 0.5) is 0 Å². The standard InChI is InChI=1S/C12H13Cl2N/c13-9-6-3-7-10(14)11(9)12(15)8-4-1-2-5-8/h3-4,6-7,12H,1-2,5,15H2. The third-order valence-electron chi connectivity index (χ3n) is 2.79. The molecule has 0 amide bonds. The molecular weight excluding hydrogens is 229 g/mol. The van der Waals surface area contributed by atoms with E-state index in [1.807, 2.05) is 18.2 Å². The molecular formula is C12H13Cl2N. The van der Waals surface area contributed by atoms with E-state index in [1.54, 1.807) is 0 Å². The van der Waals surface area contributed by atoms with Crippen molar-refractivity contribution < 1.29 is 0 Å². The lowest BCUT2D eigenvalue weighted by molar-refractivity contribution is 0.785. The van der Waals surface area contributed by atoms with Crippen molar-refractivity contribution in [1.82, 2.24) is 0 Å². The first-order valence-electron chi connectivity index (χ1n) is 5.08. The molecule has 0 aliphatic heterocycles. The molecule has 80 valence electrons. The Bertz CT molecular complexity index is 378. The average Bonchev–Trinajstić information content (AvgIpc) is 2.69. The number of hydrogen-bond acceptors (Lipinski definition) is 1. The molecule has 3 heteroatoms. The van der Waals surface area contributed by atoms with Gasteiger partial charge in [0, 0.05) is 15.6 Å². The van der Waals surface area contributed by atoms with E-state index in [4.69, 9.17) is 28.9 Å². The molecule has 0 spiro atoms. The molecule has 1 atom stereocenters. The molecule has 0 saturated carbocycles. The summed E-state index contributed by atoms with van der Waals surface area (Å²) in [7, 11) is 0. The van der Waals surface area contributed by atoms with Crippen LogP contribution >= 0.6 is 23.2 Å². The van der Waals surface area contributed by atoms with E-state index in [2.05, 4.69) is 6.08 Å². The van der Waals surface area contributed by atoms with Crippen molar-refractivity contribution >= 4 is 23.2 Å². The van der Waals surface area contributed by atoms with Gasteiger partial charge in [-0.25, -0.2) is 0 Å². The molecule has 1 aliphatic rings. The second kappa shape index (κ2) is 4.56. The summed E-state index contributed by atoms with van der Waals surface area (Å²) in [5.74, 6) is 0. The van der Waals surface area contributed by atoms with Gasteiger partial charge in [0.15, 0.2) is 0 Å². The Kier molecular flexibility index (Phi) is 3.35. The van der Waals surface area contributed by atoms with Gasteiger partial charge in [-0.2, -0.15) is 0 Å². The molecule has 0 fully saturated rings. The molecule has 1 aromatic carbocycles. The van der Waals surface area contributed by atoms with Crippen molar-refractivity contribution in [1.29, 1.82) is 0 Å². The zero-order valence-electron chi connectivity index (χ0n) is 8.34. The van der Waals surface area contributed by atoms with Gasteiger partial charge in [-0.05, 0) is 31.4 Å². The number of allylic oxidation sites excluding steroid dienone is 1. The molecule has 1 unspecified atom stereocenters. The predicted octanol–water partition coefficient (Wildman–Crippen LogP) is 4.10. The van der Waals surface area contributed by atoms with Crippen molar-refractivity contribution in [3.63, 3.8) is 0 Å². The van der Waals surface area contributed by atoms with E-state index in [9.17, 15) is 0 Å². The first kappa shape index (κ1) is 11.0. The van der Waals surface area contributed by atoms with Crippen molar-refractivity contribution in [2.45, 2.75) is 25.3 Å². The molecule has 0 bridgehead atoms. The maximum atomic E-state index is 6.16. The maximum Gasteiger partial charge on any atom is 0.0540 e. The lowest BCUT2D eigenvalue weighted by atomic mass is 9.99. The summed E-state index contributed by atoms with van der Waals surface area (Å²) in [5, 5.41) is 1.31. The molecule has 1 nitrogen and oxygen atoms in total. The number of benzene rings is 1. The summed E-state index contributed by atoms with van der Waals surface area (Å²) in [6.45, 7) is 0. The van der Waals surface area contributed by atoms with E-state index in [-0.39, 0.29) is 6.04 Å². The van der Waals surface area contributed by atoms with Gasteiger partial charge in [-0.15, -0.1) is 0 Å². The van der Waals surface area contributed by atoms with Crippen molar-refractivity contribution in [2.75, 3.05) is 0 Å². The fourth-order valence-corrected chi connectivity index (χ4v) is 2.60. The smallest absolute Gasteiger partial charge is 0.0540 e. The number of hydrogen-bond donors (Lipinski definition) is 1. The van der Waals surface area contributed by atoms with Crippen molar-refractivity contribution in [2.24, 2.45) is 5.73 Å². The van der Waals surface area contributed by atoms with Crippen LogP contribution in [-0.2, 0) is 0 Å². The summed E-state index contributed by atoms with van der Waals surface area (Å²) in [4.78, 5) is 0. The molecule has 0 heterocycles. The number of rotatable bonds is 2. The third kappa shape index (κ3) is 2.20. The Morgan fingerprint density at radius 1 is 1.20 bits per heavy atom. The van der Waals surface area contributed by atoms with E-state index in [1.165, 1.54) is 12.0 Å². The molecule has 0 radical (unpaired) electrons. The highest BCUT2D eigenvalue weighted by Crippen LogP contribution is 2.36. The first-order valence-corrected chi connectivity index (χ1v) is 5.84. The van der Waals surface area contributed by atoms with Crippen LogP contribution in [0.1, 0.15) is 30.9 Å². The van der Waals surface area contributed by atoms with Gasteiger partial charge in [0.25, 0.3) is 0 Å². The summed E-state index contributed by atoms with van der Waals surface area (Å²) < 4.78 is 0. The van der Waals surface area contributed by atoms with Gasteiger partial charge < -0.3 is 5.73 Å². The molecule has 1 aromatic rings. The van der Waals surface area contributed by atoms with Gasteiger partial charge in [0.2, 0.25) is 0 Å². The molecule has 2 rings (SSSR count). The Hall–Kier alpha value is -0.500. The zero-order chi connectivity index (χ0) is 10.8. The Labute approximate surface area is 99.9 Å². The monoisotopic (exact) mass is 241 g/mol. The highest BCUT2D eigenvalue weighted by molar-refractivity contribution is 6.36. The number of nitrogens with two attached hydrogens (primary N) is 1. The minimum Gasteiger partial charge on any atom is -0.320 e. The quantitative estimate of drug-likeness (QED) is 0.776. The molecule has 1 aliphatic carbocycles. The van der Waals surface area contributed by atoms with Gasteiger partial charge >= 0.3 is 0 Å². The fourth-order valence-electron chi connectivity index (χ4n) is 1.97. The van der Waals surface area contributed by atoms with Crippen molar-refractivity contribution in [3.8, 4) is 0 Å². The van der Waals surface area contributed by atoms with Crippen LogP contribution in [-0.4, -0.2) is 0 Å². The van der Waals surface area contributed by atoms with E-state index >= 15 is 0 Å². The van der Waals surface area contributed by atoms with Crippen LogP contribution in [0.5, 0.6) is 0 Å². The fraction of sp³-hybridized carbons (Fsp3) is 0.333. The largest absolute Gasteiger partial charge is 0.320 e. The second-order valence-corrected chi connectivity index (χ2v) is 4.60. The number of halogens is 2. The topological polar surface area (TPSA) is 26.0 Å². The summed E-state index contributed by atoms with van der Waals surface area (Å²) >= 11 is 12.2. The average molecular weight is 242 g/mol. The highest BCUT2D eigenvalue weighted by atomic mass is 35.5. The molecule has 0 aromatic heterocycles. The lowest BCUT2D eigenvalue weighted by Gasteiger charge is -2.16. The van der Waals surface area contributed by atoms with Crippen LogP contribution in [0.3, 0.4) is 0 Å². The Morgan fingerprint density at radius 3 is 2.40 bits per heavy atom. The SMILES string of the molecule is NC(C1=CCCC1)c1c(Cl)cccc1Cl. The summed E-state index contributed by atoms with van der Waals surface area (Å²) in [5.41, 5.74) is 8.27. The third-order valence-corrected chi connectivity index (χ3v) is 3.45. The van der Waals surface area contributed by atoms with Gasteiger partial charge in [-0.3, -0.25) is 0 Å². The van der Waals surface area contributed by atoms with Crippen LogP contribution in [0.2, 0.25) is 10.0 Å². The van der Waals surface area contributed by atoms with Crippen LogP contribution in [0.15, 0.2) is 29.8 Å². The van der Waals surface area contributed by atoms with Gasteiger partial charge in [0.05, 0.1) is 6.04 Å². The zero-order valence-corrected chi connectivity index (χ0v) is 9.85. The van der Waals surface area contributed by atoms with E-state index in [0.29, 0.717) is 10.0 Å². The highest BCUT2D eigenvalue weighted by Gasteiger charge is 2.19. The van der Waals surface area contributed by atoms with Crippen LogP contribution < -0.4 is 5.73 Å². The minimum absolute atomic E-state index is 0.145. The Balaban J connectivity index is 2.36. The van der Waals surface area contributed by atoms with E-state index < -0.39 is 0 Å². The lowest BCUT2D eigenvalue weighted by Crippen LogP contribution is -2.13. The van der Waals surface area contributed by atoms with Gasteiger partial charge in [0.1, 0.15) is 0 Å². The summed E-state index contributed by atoms with van der Waals surface area (Å²) in [6, 6.07) is 5.36. The normalized spacial score (nSPS) is 17.7. The van der Waals surface area contributed by atoms with Gasteiger partial charge in [-0.1, -0.05) is 40.9 Å². The molecule has 2 N–H and O–H groups in total. The van der Waals surface area contributed by atoms with Crippen LogP contribution in [0.25, 0.3) is 0 Å². The van der Waals surface area contributed by atoms with Crippen molar-refractivity contribution in [3.05, 3.63) is 45.5 Å². The molecule has 15 heavy (non-hydrogen) atoms. The first-order chi connectivity index (χ1) is 7.20. The second-order valence-electron chi connectivity index (χ2n) is 3.78. The minimum atomic E-state index is -0.145. The maximum absolute atomic E-state index is 6.16. The predicted molar refractivity (Wildman–Crippen MR) is 65.3 cm³/mol.